The molecule has 0 rings (SSSR count). The lowest BCUT2D eigenvalue weighted by Crippen LogP contribution is -2.15. The van der Waals surface area contributed by atoms with Crippen LogP contribution in [0.1, 0.15) is 85.0 Å². The quantitative estimate of drug-likeness (QED) is 0.255. The molecule has 0 amide bonds. The van der Waals surface area contributed by atoms with Crippen LogP contribution in [-0.4, -0.2) is 39.0 Å². The van der Waals surface area contributed by atoms with Crippen molar-refractivity contribution in [3.05, 3.63) is 0 Å². The molecule has 0 heterocycles. The van der Waals surface area contributed by atoms with Gasteiger partial charge in [-0.1, -0.05) is 52.4 Å². The van der Waals surface area contributed by atoms with E-state index in [1.165, 1.54) is 51.4 Å². The lowest BCUT2D eigenvalue weighted by atomic mass is 9.96. The number of carbonyl (C=O) groups is 1. The molecule has 0 spiro atoms. The normalized spacial score (nSPS) is 12.3. The highest BCUT2D eigenvalue weighted by Gasteiger charge is 2.11. The van der Waals surface area contributed by atoms with Crippen molar-refractivity contribution in [3.8, 4) is 0 Å². The van der Waals surface area contributed by atoms with Crippen LogP contribution in [-0.2, 0) is 19.0 Å². The van der Waals surface area contributed by atoms with Crippen LogP contribution < -0.4 is 0 Å². The van der Waals surface area contributed by atoms with Crippen LogP contribution in [0, 0.1) is 5.92 Å². The maximum absolute atomic E-state index is 11.8. The summed E-state index contributed by atoms with van der Waals surface area (Å²) in [5, 5.41) is 0. The van der Waals surface area contributed by atoms with Gasteiger partial charge in [-0.3, -0.25) is 4.79 Å². The third-order valence-electron chi connectivity index (χ3n) is 4.16. The zero-order valence-electron chi connectivity index (χ0n) is 16.3. The molecule has 1 atom stereocenters. The van der Waals surface area contributed by atoms with Crippen molar-refractivity contribution in [2.75, 3.05) is 33.0 Å². The molecule has 0 N–H and O–H groups in total. The molecule has 0 aliphatic heterocycles. The highest BCUT2D eigenvalue weighted by atomic mass is 16.5. The standard InChI is InChI=1S/C20H40O4/c1-4-7-9-10-13-19(12-8-5-2)18-24-20(21)14-11-15-23-17-16-22-6-3/h19H,4-18H2,1-3H3. The van der Waals surface area contributed by atoms with E-state index in [4.69, 9.17) is 14.2 Å². The van der Waals surface area contributed by atoms with E-state index < -0.39 is 0 Å². The molecular formula is C20H40O4. The molecule has 0 fully saturated rings. The Balaban J connectivity index is 3.70. The van der Waals surface area contributed by atoms with Crippen molar-refractivity contribution in [1.29, 1.82) is 0 Å². The fraction of sp³-hybridized carbons (Fsp3) is 0.950. The van der Waals surface area contributed by atoms with E-state index in [0.717, 1.165) is 6.42 Å². The number of carbonyl (C=O) groups excluding carboxylic acids is 1. The molecule has 1 unspecified atom stereocenters. The third-order valence-corrected chi connectivity index (χ3v) is 4.16. The molecule has 24 heavy (non-hydrogen) atoms. The van der Waals surface area contributed by atoms with Crippen LogP contribution >= 0.6 is 0 Å². The summed E-state index contributed by atoms with van der Waals surface area (Å²) >= 11 is 0. The van der Waals surface area contributed by atoms with E-state index in [2.05, 4.69) is 13.8 Å². The van der Waals surface area contributed by atoms with E-state index >= 15 is 0 Å². The van der Waals surface area contributed by atoms with Crippen LogP contribution in [0.15, 0.2) is 0 Å². The fourth-order valence-corrected chi connectivity index (χ4v) is 2.63. The van der Waals surface area contributed by atoms with E-state index in [-0.39, 0.29) is 5.97 Å². The Morgan fingerprint density at radius 1 is 0.792 bits per heavy atom. The van der Waals surface area contributed by atoms with Crippen molar-refractivity contribution in [1.82, 2.24) is 0 Å². The first-order valence-electron chi connectivity index (χ1n) is 10.1. The molecule has 0 aromatic heterocycles. The predicted octanol–water partition coefficient (Wildman–Crippen LogP) is 5.14. The number of rotatable bonds is 18. The minimum absolute atomic E-state index is 0.0848. The van der Waals surface area contributed by atoms with Gasteiger partial charge < -0.3 is 14.2 Å². The summed E-state index contributed by atoms with van der Waals surface area (Å²) in [5.41, 5.74) is 0. The van der Waals surface area contributed by atoms with Gasteiger partial charge in [0, 0.05) is 19.6 Å². The zero-order valence-corrected chi connectivity index (χ0v) is 16.3. The summed E-state index contributed by atoms with van der Waals surface area (Å²) < 4.78 is 16.1. The first kappa shape index (κ1) is 23.4. The summed E-state index contributed by atoms with van der Waals surface area (Å²) in [6.07, 6.45) is 11.1. The zero-order chi connectivity index (χ0) is 17.9. The Morgan fingerprint density at radius 2 is 1.50 bits per heavy atom. The average Bonchev–Trinajstić information content (AvgIpc) is 2.59. The van der Waals surface area contributed by atoms with Crippen LogP contribution in [0.2, 0.25) is 0 Å². The summed E-state index contributed by atoms with van der Waals surface area (Å²) in [4.78, 5) is 11.8. The number of esters is 1. The van der Waals surface area contributed by atoms with Crippen molar-refractivity contribution in [2.45, 2.75) is 85.0 Å². The Kier molecular flexibility index (Phi) is 18.2. The van der Waals surface area contributed by atoms with Gasteiger partial charge in [0.05, 0.1) is 19.8 Å². The molecule has 4 heteroatoms. The van der Waals surface area contributed by atoms with Gasteiger partial charge in [-0.15, -0.1) is 0 Å². The number of ether oxygens (including phenoxy) is 3. The second kappa shape index (κ2) is 18.7. The lowest BCUT2D eigenvalue weighted by molar-refractivity contribution is -0.145. The van der Waals surface area contributed by atoms with Crippen molar-refractivity contribution < 1.29 is 19.0 Å². The maximum Gasteiger partial charge on any atom is 0.305 e. The maximum atomic E-state index is 11.8. The summed E-state index contributed by atoms with van der Waals surface area (Å²) in [5.74, 6) is 0.451. The van der Waals surface area contributed by atoms with Crippen LogP contribution in [0.4, 0.5) is 0 Å². The predicted molar refractivity (Wildman–Crippen MR) is 99.3 cm³/mol. The van der Waals surface area contributed by atoms with Crippen LogP contribution in [0.25, 0.3) is 0 Å². The van der Waals surface area contributed by atoms with Gasteiger partial charge in [-0.25, -0.2) is 0 Å². The van der Waals surface area contributed by atoms with E-state index in [1.807, 2.05) is 6.92 Å². The SMILES string of the molecule is CCCCCCC(CCCC)COC(=O)CCCOCCOCC. The number of hydrogen-bond donors (Lipinski definition) is 0. The largest absolute Gasteiger partial charge is 0.465 e. The van der Waals surface area contributed by atoms with E-state index in [9.17, 15) is 4.79 Å². The first-order chi connectivity index (χ1) is 11.7. The molecule has 0 saturated heterocycles. The van der Waals surface area contributed by atoms with Gasteiger partial charge >= 0.3 is 5.97 Å². The van der Waals surface area contributed by atoms with Crippen LogP contribution in [0.5, 0.6) is 0 Å². The summed E-state index contributed by atoms with van der Waals surface area (Å²) in [7, 11) is 0. The smallest absolute Gasteiger partial charge is 0.305 e. The molecule has 0 aliphatic carbocycles. The van der Waals surface area contributed by atoms with Crippen molar-refractivity contribution in [2.24, 2.45) is 5.92 Å². The number of hydrogen-bond acceptors (Lipinski definition) is 4. The molecule has 0 bridgehead atoms. The second-order valence-corrected chi connectivity index (χ2v) is 6.45. The summed E-state index contributed by atoms with van der Waals surface area (Å²) in [6, 6.07) is 0. The monoisotopic (exact) mass is 344 g/mol. The van der Waals surface area contributed by atoms with Crippen LogP contribution in [0.3, 0.4) is 0 Å². The number of unbranched alkanes of at least 4 members (excludes halogenated alkanes) is 4. The molecule has 0 saturated carbocycles. The van der Waals surface area contributed by atoms with Gasteiger partial charge in [0.25, 0.3) is 0 Å². The Hall–Kier alpha value is -0.610. The lowest BCUT2D eigenvalue weighted by Gasteiger charge is -2.16. The van der Waals surface area contributed by atoms with Gasteiger partial charge in [-0.05, 0) is 32.1 Å². The van der Waals surface area contributed by atoms with Gasteiger partial charge in [0.1, 0.15) is 0 Å². The Bertz CT molecular complexity index is 268. The first-order valence-corrected chi connectivity index (χ1v) is 10.1. The third kappa shape index (κ3) is 16.3. The van der Waals surface area contributed by atoms with E-state index in [1.54, 1.807) is 0 Å². The molecule has 0 aromatic rings. The van der Waals surface area contributed by atoms with Gasteiger partial charge in [0.2, 0.25) is 0 Å². The average molecular weight is 345 g/mol. The molecule has 0 aliphatic rings. The summed E-state index contributed by atoms with van der Waals surface area (Å²) in [6.45, 7) is 9.54. The minimum atomic E-state index is -0.0848. The molecular weight excluding hydrogens is 304 g/mol. The van der Waals surface area contributed by atoms with Gasteiger partial charge in [-0.2, -0.15) is 0 Å². The van der Waals surface area contributed by atoms with Gasteiger partial charge in [0.15, 0.2) is 0 Å². The minimum Gasteiger partial charge on any atom is -0.465 e. The molecule has 0 radical (unpaired) electrons. The molecule has 0 aromatic carbocycles. The topological polar surface area (TPSA) is 44.8 Å². The molecule has 144 valence electrons. The van der Waals surface area contributed by atoms with E-state index in [0.29, 0.717) is 45.4 Å². The van der Waals surface area contributed by atoms with Crippen molar-refractivity contribution in [3.63, 3.8) is 0 Å². The van der Waals surface area contributed by atoms with Crippen molar-refractivity contribution >= 4 is 5.97 Å². The second-order valence-electron chi connectivity index (χ2n) is 6.45. The Morgan fingerprint density at radius 3 is 2.21 bits per heavy atom. The molecule has 4 nitrogen and oxygen atoms in total. The highest BCUT2D eigenvalue weighted by Crippen LogP contribution is 2.18. The highest BCUT2D eigenvalue weighted by molar-refractivity contribution is 5.69. The fourth-order valence-electron chi connectivity index (χ4n) is 2.63. The Labute approximate surface area is 149 Å².